The van der Waals surface area contributed by atoms with E-state index in [2.05, 4.69) is 4.98 Å². The first-order chi connectivity index (χ1) is 9.25. The number of benzene rings is 2. The van der Waals surface area contributed by atoms with Gasteiger partial charge in [-0.25, -0.2) is 4.79 Å². The van der Waals surface area contributed by atoms with Gasteiger partial charge in [0.15, 0.2) is 0 Å². The van der Waals surface area contributed by atoms with Crippen LogP contribution in [-0.2, 0) is 0 Å². The quantitative estimate of drug-likeness (QED) is 0.744. The zero-order chi connectivity index (χ0) is 13.2. The lowest BCUT2D eigenvalue weighted by Crippen LogP contribution is -2.14. The molecule has 0 aliphatic rings. The van der Waals surface area contributed by atoms with Gasteiger partial charge in [-0.15, -0.1) is 0 Å². The SMILES string of the molecule is CC(=Cc1ccccc1)n1c(=O)[nH]c2ccccc21. The number of rotatable bonds is 2. The van der Waals surface area contributed by atoms with Gasteiger partial charge >= 0.3 is 5.69 Å². The Morgan fingerprint density at radius 3 is 2.53 bits per heavy atom. The van der Waals surface area contributed by atoms with Crippen molar-refractivity contribution in [2.75, 3.05) is 0 Å². The number of allylic oxidation sites excluding steroid dienone is 1. The van der Waals surface area contributed by atoms with Crippen molar-refractivity contribution in [3.8, 4) is 0 Å². The summed E-state index contributed by atoms with van der Waals surface area (Å²) < 4.78 is 1.70. The van der Waals surface area contributed by atoms with Crippen LogP contribution in [0.15, 0.2) is 59.4 Å². The number of nitrogens with zero attached hydrogens (tertiary/aromatic N) is 1. The van der Waals surface area contributed by atoms with Gasteiger partial charge in [0.1, 0.15) is 0 Å². The van der Waals surface area contributed by atoms with Gasteiger partial charge in [0, 0.05) is 5.70 Å². The summed E-state index contributed by atoms with van der Waals surface area (Å²) in [4.78, 5) is 14.9. The third-order valence-corrected chi connectivity index (χ3v) is 3.12. The van der Waals surface area contributed by atoms with Crippen LogP contribution in [0.5, 0.6) is 0 Å². The molecule has 0 fully saturated rings. The Hall–Kier alpha value is -2.55. The number of nitrogens with one attached hydrogen (secondary N) is 1. The minimum Gasteiger partial charge on any atom is -0.305 e. The maximum absolute atomic E-state index is 12.0. The van der Waals surface area contributed by atoms with Crippen LogP contribution in [0.25, 0.3) is 22.8 Å². The van der Waals surface area contributed by atoms with E-state index in [0.29, 0.717) is 0 Å². The molecule has 0 aliphatic heterocycles. The fourth-order valence-electron chi connectivity index (χ4n) is 2.26. The predicted octanol–water partition coefficient (Wildman–Crippen LogP) is 3.35. The third-order valence-electron chi connectivity index (χ3n) is 3.12. The minimum absolute atomic E-state index is 0.106. The average Bonchev–Trinajstić information content (AvgIpc) is 2.75. The van der Waals surface area contributed by atoms with Crippen LogP contribution in [-0.4, -0.2) is 9.55 Å². The summed E-state index contributed by atoms with van der Waals surface area (Å²) in [5.74, 6) is 0. The summed E-state index contributed by atoms with van der Waals surface area (Å²) in [6.45, 7) is 1.94. The van der Waals surface area contributed by atoms with Crippen LogP contribution in [0.1, 0.15) is 12.5 Å². The van der Waals surface area contributed by atoms with Crippen LogP contribution < -0.4 is 5.69 Å². The van der Waals surface area contributed by atoms with Crippen molar-refractivity contribution in [3.63, 3.8) is 0 Å². The zero-order valence-corrected chi connectivity index (χ0v) is 10.6. The van der Waals surface area contributed by atoms with Gasteiger partial charge in [0.05, 0.1) is 11.0 Å². The minimum atomic E-state index is -0.106. The van der Waals surface area contributed by atoms with Crippen molar-refractivity contribution >= 4 is 22.8 Å². The van der Waals surface area contributed by atoms with Crippen LogP contribution in [0, 0.1) is 0 Å². The molecule has 0 bridgehead atoms. The van der Waals surface area contributed by atoms with Crippen molar-refractivity contribution in [2.24, 2.45) is 0 Å². The molecule has 0 spiro atoms. The van der Waals surface area contributed by atoms with Crippen LogP contribution in [0.2, 0.25) is 0 Å². The van der Waals surface area contributed by atoms with E-state index in [1.165, 1.54) is 0 Å². The molecular formula is C16H14N2O. The second-order valence-electron chi connectivity index (χ2n) is 4.48. The Bertz CT molecular complexity index is 794. The van der Waals surface area contributed by atoms with E-state index in [1.807, 2.05) is 67.6 Å². The van der Waals surface area contributed by atoms with Crippen molar-refractivity contribution in [1.82, 2.24) is 9.55 Å². The largest absolute Gasteiger partial charge is 0.330 e. The normalized spacial score (nSPS) is 11.9. The molecule has 19 heavy (non-hydrogen) atoms. The molecule has 1 heterocycles. The zero-order valence-electron chi connectivity index (χ0n) is 10.6. The summed E-state index contributed by atoms with van der Waals surface area (Å²) in [5, 5.41) is 0. The maximum Gasteiger partial charge on any atom is 0.330 e. The summed E-state index contributed by atoms with van der Waals surface area (Å²) in [6.07, 6.45) is 2.00. The molecule has 0 unspecified atom stereocenters. The molecule has 3 nitrogen and oxygen atoms in total. The molecule has 1 aromatic heterocycles. The number of hydrogen-bond donors (Lipinski definition) is 1. The fourth-order valence-corrected chi connectivity index (χ4v) is 2.26. The fraction of sp³-hybridized carbons (Fsp3) is 0.0625. The van der Waals surface area contributed by atoms with E-state index in [1.54, 1.807) is 4.57 Å². The van der Waals surface area contributed by atoms with Gasteiger partial charge < -0.3 is 4.98 Å². The molecule has 3 aromatic rings. The summed E-state index contributed by atoms with van der Waals surface area (Å²) in [6, 6.07) is 17.7. The molecule has 1 N–H and O–H groups in total. The molecule has 94 valence electrons. The van der Waals surface area contributed by atoms with E-state index in [0.717, 1.165) is 22.3 Å². The van der Waals surface area contributed by atoms with E-state index in [9.17, 15) is 4.79 Å². The molecule has 0 radical (unpaired) electrons. The van der Waals surface area contributed by atoms with Gasteiger partial charge in [0.2, 0.25) is 0 Å². The lowest BCUT2D eigenvalue weighted by molar-refractivity contribution is 1.04. The topological polar surface area (TPSA) is 37.8 Å². The van der Waals surface area contributed by atoms with Gasteiger partial charge in [-0.05, 0) is 30.7 Å². The first-order valence-electron chi connectivity index (χ1n) is 6.19. The van der Waals surface area contributed by atoms with E-state index >= 15 is 0 Å². The van der Waals surface area contributed by atoms with Gasteiger partial charge in [-0.2, -0.15) is 0 Å². The van der Waals surface area contributed by atoms with Gasteiger partial charge in [-0.1, -0.05) is 42.5 Å². The van der Waals surface area contributed by atoms with Crippen molar-refractivity contribution < 1.29 is 0 Å². The highest BCUT2D eigenvalue weighted by atomic mass is 16.1. The average molecular weight is 250 g/mol. The Balaban J connectivity index is 2.17. The highest BCUT2D eigenvalue weighted by molar-refractivity contribution is 5.82. The van der Waals surface area contributed by atoms with Crippen LogP contribution in [0.4, 0.5) is 0 Å². The van der Waals surface area contributed by atoms with Crippen molar-refractivity contribution in [2.45, 2.75) is 6.92 Å². The van der Waals surface area contributed by atoms with E-state index < -0.39 is 0 Å². The van der Waals surface area contributed by atoms with Gasteiger partial charge in [-0.3, -0.25) is 4.57 Å². The lowest BCUT2D eigenvalue weighted by atomic mass is 10.2. The number of fused-ring (bicyclic) bond motifs is 1. The summed E-state index contributed by atoms with van der Waals surface area (Å²) >= 11 is 0. The number of hydrogen-bond acceptors (Lipinski definition) is 1. The lowest BCUT2D eigenvalue weighted by Gasteiger charge is -2.03. The second-order valence-corrected chi connectivity index (χ2v) is 4.48. The molecule has 0 amide bonds. The Kier molecular flexibility index (Phi) is 2.80. The molecule has 2 aromatic carbocycles. The van der Waals surface area contributed by atoms with E-state index in [-0.39, 0.29) is 5.69 Å². The second kappa shape index (κ2) is 4.61. The Morgan fingerprint density at radius 2 is 1.74 bits per heavy atom. The molecular weight excluding hydrogens is 236 g/mol. The van der Waals surface area contributed by atoms with Crippen LogP contribution >= 0.6 is 0 Å². The van der Waals surface area contributed by atoms with Crippen molar-refractivity contribution in [3.05, 3.63) is 70.6 Å². The van der Waals surface area contributed by atoms with Crippen LogP contribution in [0.3, 0.4) is 0 Å². The van der Waals surface area contributed by atoms with Crippen molar-refractivity contribution in [1.29, 1.82) is 0 Å². The number of imidazole rings is 1. The highest BCUT2D eigenvalue weighted by Crippen LogP contribution is 2.16. The highest BCUT2D eigenvalue weighted by Gasteiger charge is 2.06. The number of aromatic nitrogens is 2. The molecule has 3 rings (SSSR count). The molecule has 0 saturated heterocycles. The first-order valence-corrected chi connectivity index (χ1v) is 6.19. The van der Waals surface area contributed by atoms with Gasteiger partial charge in [0.25, 0.3) is 0 Å². The Labute approximate surface area is 110 Å². The molecule has 0 saturated carbocycles. The molecule has 0 atom stereocenters. The summed E-state index contributed by atoms with van der Waals surface area (Å²) in [5.41, 5.74) is 3.63. The number of aromatic amines is 1. The third kappa shape index (κ3) is 2.10. The molecule has 3 heteroatoms. The molecule has 0 aliphatic carbocycles. The monoisotopic (exact) mass is 250 g/mol. The number of para-hydroxylation sites is 2. The maximum atomic E-state index is 12.0. The smallest absolute Gasteiger partial charge is 0.305 e. The first kappa shape index (κ1) is 11.5. The number of H-pyrrole nitrogens is 1. The standard InChI is InChI=1S/C16H14N2O/c1-12(11-13-7-3-2-4-8-13)18-15-10-6-5-9-14(15)17-16(18)19/h2-11H,1H3,(H,17,19). The Morgan fingerprint density at radius 1 is 1.05 bits per heavy atom. The summed E-state index contributed by atoms with van der Waals surface area (Å²) in [7, 11) is 0. The predicted molar refractivity (Wildman–Crippen MR) is 78.8 cm³/mol. The van der Waals surface area contributed by atoms with E-state index in [4.69, 9.17) is 0 Å².